The van der Waals surface area contributed by atoms with Crippen molar-refractivity contribution in [3.05, 3.63) is 65.2 Å². The van der Waals surface area contributed by atoms with Crippen molar-refractivity contribution in [2.45, 2.75) is 25.8 Å². The van der Waals surface area contributed by atoms with Gasteiger partial charge in [0.1, 0.15) is 5.82 Å². The number of rotatable bonds is 5. The van der Waals surface area contributed by atoms with Crippen molar-refractivity contribution < 1.29 is 4.39 Å². The van der Waals surface area contributed by atoms with E-state index < -0.39 is 0 Å². The fraction of sp³-hybridized carbons (Fsp3) is 0.267. The Hall–Kier alpha value is -1.78. The molecule has 1 aromatic heterocycles. The molecule has 2 rings (SSSR count). The summed E-state index contributed by atoms with van der Waals surface area (Å²) in [5.41, 5.74) is 5.37. The third-order valence-corrected chi connectivity index (χ3v) is 3.19. The summed E-state index contributed by atoms with van der Waals surface area (Å²) in [5.74, 6) is 5.18. The van der Waals surface area contributed by atoms with Crippen molar-refractivity contribution in [3.63, 3.8) is 0 Å². The highest BCUT2D eigenvalue weighted by molar-refractivity contribution is 5.24. The molecule has 1 heterocycles. The molecule has 19 heavy (non-hydrogen) atoms. The van der Waals surface area contributed by atoms with E-state index >= 15 is 0 Å². The summed E-state index contributed by atoms with van der Waals surface area (Å²) >= 11 is 0. The maximum Gasteiger partial charge on any atom is 0.146 e. The Balaban J connectivity index is 2.17. The van der Waals surface area contributed by atoms with Gasteiger partial charge in [-0.3, -0.25) is 16.3 Å². The summed E-state index contributed by atoms with van der Waals surface area (Å²) in [5, 5.41) is 0. The number of aryl methyl sites for hydroxylation is 1. The highest BCUT2D eigenvalue weighted by Crippen LogP contribution is 2.18. The lowest BCUT2D eigenvalue weighted by atomic mass is 10.0. The molecule has 1 atom stereocenters. The van der Waals surface area contributed by atoms with E-state index in [1.54, 1.807) is 12.3 Å². The third kappa shape index (κ3) is 3.36. The predicted octanol–water partition coefficient (Wildman–Crippen LogP) is 2.53. The third-order valence-electron chi connectivity index (χ3n) is 3.19. The van der Waals surface area contributed by atoms with E-state index in [0.717, 1.165) is 12.0 Å². The molecule has 100 valence electrons. The first kappa shape index (κ1) is 13.6. The SMILES string of the molecule is CCc1ccc(CC(NN)c2ncccc2F)cc1. The molecule has 0 saturated heterocycles. The molecule has 0 aliphatic carbocycles. The van der Waals surface area contributed by atoms with E-state index in [-0.39, 0.29) is 11.9 Å². The minimum Gasteiger partial charge on any atom is -0.271 e. The molecule has 3 nitrogen and oxygen atoms in total. The Bertz CT molecular complexity index is 525. The van der Waals surface area contributed by atoms with Crippen LogP contribution in [0.3, 0.4) is 0 Å². The van der Waals surface area contributed by atoms with Gasteiger partial charge in [0.2, 0.25) is 0 Å². The lowest BCUT2D eigenvalue weighted by Crippen LogP contribution is -2.31. The van der Waals surface area contributed by atoms with Crippen molar-refractivity contribution in [1.29, 1.82) is 0 Å². The quantitative estimate of drug-likeness (QED) is 0.641. The predicted molar refractivity (Wildman–Crippen MR) is 73.8 cm³/mol. The summed E-state index contributed by atoms with van der Waals surface area (Å²) in [6.07, 6.45) is 3.19. The monoisotopic (exact) mass is 259 g/mol. The number of nitrogens with zero attached hydrogens (tertiary/aromatic N) is 1. The topological polar surface area (TPSA) is 50.9 Å². The average Bonchev–Trinajstić information content (AvgIpc) is 2.46. The summed E-state index contributed by atoms with van der Waals surface area (Å²) in [7, 11) is 0. The molecular formula is C15H18FN3. The normalized spacial score (nSPS) is 12.4. The van der Waals surface area contributed by atoms with Crippen LogP contribution in [0.5, 0.6) is 0 Å². The Morgan fingerprint density at radius 3 is 2.47 bits per heavy atom. The van der Waals surface area contributed by atoms with Crippen LogP contribution < -0.4 is 11.3 Å². The zero-order chi connectivity index (χ0) is 13.7. The Labute approximate surface area is 112 Å². The van der Waals surface area contributed by atoms with Crippen LogP contribution >= 0.6 is 0 Å². The Morgan fingerprint density at radius 1 is 1.21 bits per heavy atom. The number of pyridine rings is 1. The van der Waals surface area contributed by atoms with Crippen LogP contribution in [-0.2, 0) is 12.8 Å². The van der Waals surface area contributed by atoms with Crippen LogP contribution in [0.4, 0.5) is 4.39 Å². The molecule has 2 aromatic rings. The van der Waals surface area contributed by atoms with Gasteiger partial charge < -0.3 is 0 Å². The van der Waals surface area contributed by atoms with E-state index in [1.807, 2.05) is 12.1 Å². The molecular weight excluding hydrogens is 241 g/mol. The van der Waals surface area contributed by atoms with Gasteiger partial charge >= 0.3 is 0 Å². The van der Waals surface area contributed by atoms with Crippen molar-refractivity contribution in [1.82, 2.24) is 10.4 Å². The van der Waals surface area contributed by atoms with Gasteiger partial charge in [-0.1, -0.05) is 31.2 Å². The summed E-state index contributed by atoms with van der Waals surface area (Å²) in [6.45, 7) is 2.11. The second-order valence-corrected chi connectivity index (χ2v) is 4.46. The number of nitrogens with one attached hydrogen (secondary N) is 1. The van der Waals surface area contributed by atoms with Gasteiger partial charge in [-0.05, 0) is 36.1 Å². The molecule has 3 N–H and O–H groups in total. The van der Waals surface area contributed by atoms with Crippen LogP contribution in [0.1, 0.15) is 29.8 Å². The summed E-state index contributed by atoms with van der Waals surface area (Å²) < 4.78 is 13.7. The zero-order valence-corrected chi connectivity index (χ0v) is 10.9. The number of hydrazine groups is 1. The largest absolute Gasteiger partial charge is 0.271 e. The minimum absolute atomic E-state index is 0.325. The van der Waals surface area contributed by atoms with E-state index in [0.29, 0.717) is 12.1 Å². The van der Waals surface area contributed by atoms with Gasteiger partial charge in [0.05, 0.1) is 11.7 Å². The van der Waals surface area contributed by atoms with E-state index in [4.69, 9.17) is 5.84 Å². The first-order chi connectivity index (χ1) is 9.24. The number of hydrogen-bond donors (Lipinski definition) is 2. The average molecular weight is 259 g/mol. The molecule has 0 aliphatic rings. The number of hydrogen-bond acceptors (Lipinski definition) is 3. The van der Waals surface area contributed by atoms with Gasteiger partial charge in [0, 0.05) is 6.20 Å². The number of halogens is 1. The zero-order valence-electron chi connectivity index (χ0n) is 10.9. The van der Waals surface area contributed by atoms with E-state index in [2.05, 4.69) is 29.5 Å². The maximum atomic E-state index is 13.7. The van der Waals surface area contributed by atoms with Gasteiger partial charge in [0.25, 0.3) is 0 Å². The van der Waals surface area contributed by atoms with Gasteiger partial charge in [-0.25, -0.2) is 4.39 Å². The number of aromatic nitrogens is 1. The molecule has 0 fully saturated rings. The maximum absolute atomic E-state index is 13.7. The fourth-order valence-electron chi connectivity index (χ4n) is 2.04. The Morgan fingerprint density at radius 2 is 1.89 bits per heavy atom. The second kappa shape index (κ2) is 6.41. The van der Waals surface area contributed by atoms with Crippen molar-refractivity contribution >= 4 is 0 Å². The van der Waals surface area contributed by atoms with Crippen LogP contribution in [0.15, 0.2) is 42.6 Å². The van der Waals surface area contributed by atoms with E-state index in [9.17, 15) is 4.39 Å². The molecule has 0 aliphatic heterocycles. The molecule has 0 radical (unpaired) electrons. The standard InChI is InChI=1S/C15H18FN3/c1-2-11-5-7-12(8-6-11)10-14(19-17)15-13(16)4-3-9-18-15/h3-9,14,19H,2,10,17H2,1H3. The van der Waals surface area contributed by atoms with Crippen molar-refractivity contribution in [3.8, 4) is 0 Å². The van der Waals surface area contributed by atoms with Gasteiger partial charge in [-0.2, -0.15) is 0 Å². The van der Waals surface area contributed by atoms with Crippen LogP contribution in [-0.4, -0.2) is 4.98 Å². The van der Waals surface area contributed by atoms with Crippen molar-refractivity contribution in [2.24, 2.45) is 5.84 Å². The minimum atomic E-state index is -0.337. The highest BCUT2D eigenvalue weighted by Gasteiger charge is 2.16. The lowest BCUT2D eigenvalue weighted by molar-refractivity contribution is 0.494. The van der Waals surface area contributed by atoms with Crippen LogP contribution in [0.25, 0.3) is 0 Å². The first-order valence-electron chi connectivity index (χ1n) is 6.39. The van der Waals surface area contributed by atoms with Gasteiger partial charge in [0.15, 0.2) is 0 Å². The molecule has 0 bridgehead atoms. The lowest BCUT2D eigenvalue weighted by Gasteiger charge is -2.16. The summed E-state index contributed by atoms with van der Waals surface area (Å²) in [4.78, 5) is 4.06. The van der Waals surface area contributed by atoms with E-state index in [1.165, 1.54) is 11.6 Å². The highest BCUT2D eigenvalue weighted by atomic mass is 19.1. The Kier molecular flexibility index (Phi) is 4.60. The summed E-state index contributed by atoms with van der Waals surface area (Å²) in [6, 6.07) is 10.9. The smallest absolute Gasteiger partial charge is 0.146 e. The molecule has 0 saturated carbocycles. The van der Waals surface area contributed by atoms with Crippen LogP contribution in [0, 0.1) is 5.82 Å². The van der Waals surface area contributed by atoms with Crippen LogP contribution in [0.2, 0.25) is 0 Å². The first-order valence-corrected chi connectivity index (χ1v) is 6.39. The molecule has 4 heteroatoms. The fourth-order valence-corrected chi connectivity index (χ4v) is 2.04. The molecule has 1 aromatic carbocycles. The molecule has 0 spiro atoms. The number of nitrogens with two attached hydrogens (primary N) is 1. The second-order valence-electron chi connectivity index (χ2n) is 4.46. The molecule has 0 amide bonds. The van der Waals surface area contributed by atoms with Gasteiger partial charge in [-0.15, -0.1) is 0 Å². The molecule has 1 unspecified atom stereocenters. The van der Waals surface area contributed by atoms with Crippen molar-refractivity contribution in [2.75, 3.05) is 0 Å². The number of benzene rings is 1.